The minimum atomic E-state index is -0.440. The Morgan fingerprint density at radius 1 is 1.57 bits per heavy atom. The lowest BCUT2D eigenvalue weighted by Gasteiger charge is -1.69. The SMILES string of the molecule is [CH2]c1nnc(O)o1. The van der Waals surface area contributed by atoms with Crippen LogP contribution in [0.3, 0.4) is 0 Å². The van der Waals surface area contributed by atoms with Crippen molar-refractivity contribution in [2.45, 2.75) is 0 Å². The van der Waals surface area contributed by atoms with Gasteiger partial charge in [0.1, 0.15) is 0 Å². The molecule has 0 bridgehead atoms. The summed E-state index contributed by atoms with van der Waals surface area (Å²) in [5, 5.41) is 14.6. The van der Waals surface area contributed by atoms with Crippen molar-refractivity contribution in [3.63, 3.8) is 0 Å². The summed E-state index contributed by atoms with van der Waals surface area (Å²) in [5.41, 5.74) is 0. The van der Waals surface area contributed by atoms with Crippen LogP contribution >= 0.6 is 0 Å². The van der Waals surface area contributed by atoms with Gasteiger partial charge in [0, 0.05) is 6.92 Å². The van der Waals surface area contributed by atoms with Gasteiger partial charge in [0.25, 0.3) is 0 Å². The van der Waals surface area contributed by atoms with E-state index in [0.29, 0.717) is 0 Å². The summed E-state index contributed by atoms with van der Waals surface area (Å²) in [6, 6.07) is 0. The van der Waals surface area contributed by atoms with Crippen LogP contribution in [0.15, 0.2) is 4.42 Å². The highest BCUT2D eigenvalue weighted by Crippen LogP contribution is 2.01. The number of aromatic nitrogens is 2. The van der Waals surface area contributed by atoms with Gasteiger partial charge in [0.15, 0.2) is 0 Å². The minimum Gasteiger partial charge on any atom is -0.465 e. The molecule has 1 radical (unpaired) electrons. The normalized spacial score (nSPS) is 9.29. The van der Waals surface area contributed by atoms with Crippen molar-refractivity contribution in [2.75, 3.05) is 0 Å². The third-order valence-electron chi connectivity index (χ3n) is 0.456. The highest BCUT2D eigenvalue weighted by atomic mass is 16.5. The fraction of sp³-hybridized carbons (Fsp3) is 0. The monoisotopic (exact) mass is 99.0 g/mol. The second-order valence-corrected chi connectivity index (χ2v) is 0.978. The van der Waals surface area contributed by atoms with E-state index in [9.17, 15) is 0 Å². The molecule has 0 saturated heterocycles. The van der Waals surface area contributed by atoms with Crippen LogP contribution in [0.2, 0.25) is 0 Å². The number of rotatable bonds is 0. The summed E-state index contributed by atoms with van der Waals surface area (Å²) in [6.45, 7) is 3.24. The molecule has 0 aliphatic heterocycles. The second kappa shape index (κ2) is 1.22. The Labute approximate surface area is 39.8 Å². The van der Waals surface area contributed by atoms with Crippen LogP contribution in [-0.4, -0.2) is 15.3 Å². The van der Waals surface area contributed by atoms with E-state index in [4.69, 9.17) is 5.11 Å². The van der Waals surface area contributed by atoms with E-state index in [1.54, 1.807) is 0 Å². The van der Waals surface area contributed by atoms with Gasteiger partial charge in [-0.25, -0.2) is 0 Å². The van der Waals surface area contributed by atoms with E-state index in [2.05, 4.69) is 21.5 Å². The maximum atomic E-state index is 8.27. The molecule has 4 heteroatoms. The van der Waals surface area contributed by atoms with Crippen molar-refractivity contribution in [1.29, 1.82) is 0 Å². The van der Waals surface area contributed by atoms with Crippen molar-refractivity contribution in [3.8, 4) is 6.08 Å². The molecule has 1 aromatic heterocycles. The molecule has 0 spiro atoms. The van der Waals surface area contributed by atoms with Crippen LogP contribution in [0.25, 0.3) is 0 Å². The van der Waals surface area contributed by atoms with E-state index < -0.39 is 6.08 Å². The maximum absolute atomic E-state index is 8.27. The first kappa shape index (κ1) is 4.11. The van der Waals surface area contributed by atoms with E-state index in [1.165, 1.54) is 0 Å². The standard InChI is InChI=1S/C3H3N2O2/c1-2-4-5-3(6)7-2/h1H2,(H,5,6). The Morgan fingerprint density at radius 2 is 2.29 bits per heavy atom. The van der Waals surface area contributed by atoms with E-state index in [0.717, 1.165) is 0 Å². The van der Waals surface area contributed by atoms with Crippen LogP contribution in [0, 0.1) is 6.92 Å². The van der Waals surface area contributed by atoms with Gasteiger partial charge in [-0.3, -0.25) is 0 Å². The predicted octanol–water partition coefficient (Wildman–Crippen LogP) is -0.0426. The van der Waals surface area contributed by atoms with E-state index in [1.807, 2.05) is 0 Å². The molecular formula is C3H3N2O2. The average Bonchev–Trinajstić information content (AvgIpc) is 1.87. The van der Waals surface area contributed by atoms with Gasteiger partial charge in [-0.1, -0.05) is 5.10 Å². The minimum absolute atomic E-state index is 0.123. The first-order valence-corrected chi connectivity index (χ1v) is 1.63. The molecule has 0 atom stereocenters. The Hall–Kier alpha value is -1.06. The van der Waals surface area contributed by atoms with E-state index in [-0.39, 0.29) is 5.89 Å². The molecule has 1 heterocycles. The van der Waals surface area contributed by atoms with Gasteiger partial charge in [-0.15, -0.1) is 5.10 Å². The van der Waals surface area contributed by atoms with Gasteiger partial charge in [0.05, 0.1) is 0 Å². The number of hydrogen-bond acceptors (Lipinski definition) is 4. The number of aromatic hydroxyl groups is 1. The molecule has 1 rings (SSSR count). The molecule has 7 heavy (non-hydrogen) atoms. The summed E-state index contributed by atoms with van der Waals surface area (Å²) in [4.78, 5) is 0. The third-order valence-corrected chi connectivity index (χ3v) is 0.456. The Bertz CT molecular complexity index is 143. The largest absolute Gasteiger partial charge is 0.465 e. The lowest BCUT2D eigenvalue weighted by Crippen LogP contribution is -1.66. The zero-order chi connectivity index (χ0) is 5.28. The summed E-state index contributed by atoms with van der Waals surface area (Å²) in [7, 11) is 0. The van der Waals surface area contributed by atoms with Crippen molar-refractivity contribution < 1.29 is 9.52 Å². The fourth-order valence-corrected chi connectivity index (χ4v) is 0.245. The summed E-state index contributed by atoms with van der Waals surface area (Å²) >= 11 is 0. The smallest absolute Gasteiger partial charge is 0.412 e. The van der Waals surface area contributed by atoms with Crippen molar-refractivity contribution in [3.05, 3.63) is 12.8 Å². The third kappa shape index (κ3) is 0.677. The molecule has 0 fully saturated rings. The predicted molar refractivity (Wildman–Crippen MR) is 20.4 cm³/mol. The molecule has 0 aliphatic rings. The molecular weight excluding hydrogens is 96.0 g/mol. The summed E-state index contributed by atoms with van der Waals surface area (Å²) in [5.74, 6) is 0.123. The molecule has 37 valence electrons. The van der Waals surface area contributed by atoms with Crippen LogP contribution < -0.4 is 0 Å². The Balaban J connectivity index is 3.04. The lowest BCUT2D eigenvalue weighted by atomic mass is 10.8. The molecule has 0 amide bonds. The Kier molecular flexibility index (Phi) is 0.714. The topological polar surface area (TPSA) is 59.2 Å². The first-order chi connectivity index (χ1) is 3.29. The van der Waals surface area contributed by atoms with Crippen molar-refractivity contribution >= 4 is 0 Å². The van der Waals surface area contributed by atoms with Crippen LogP contribution in [0.4, 0.5) is 0 Å². The van der Waals surface area contributed by atoms with Crippen molar-refractivity contribution in [1.82, 2.24) is 10.2 Å². The highest BCUT2D eigenvalue weighted by Gasteiger charge is 1.93. The average molecular weight is 99.1 g/mol. The molecule has 1 aromatic rings. The number of nitrogens with zero attached hydrogens (tertiary/aromatic N) is 2. The fourth-order valence-electron chi connectivity index (χ4n) is 0.245. The van der Waals surface area contributed by atoms with Gasteiger partial charge in [0.2, 0.25) is 5.89 Å². The highest BCUT2D eigenvalue weighted by molar-refractivity contribution is 4.84. The van der Waals surface area contributed by atoms with Gasteiger partial charge >= 0.3 is 6.08 Å². The second-order valence-electron chi connectivity index (χ2n) is 0.978. The maximum Gasteiger partial charge on any atom is 0.412 e. The molecule has 0 aliphatic carbocycles. The summed E-state index contributed by atoms with van der Waals surface area (Å²) < 4.78 is 4.31. The van der Waals surface area contributed by atoms with Gasteiger partial charge < -0.3 is 9.52 Å². The molecule has 0 aromatic carbocycles. The molecule has 0 saturated carbocycles. The molecule has 0 unspecified atom stereocenters. The lowest BCUT2D eigenvalue weighted by molar-refractivity contribution is 0.311. The van der Waals surface area contributed by atoms with Crippen molar-refractivity contribution in [2.24, 2.45) is 0 Å². The van der Waals surface area contributed by atoms with E-state index >= 15 is 0 Å². The Morgan fingerprint density at radius 3 is 2.43 bits per heavy atom. The van der Waals surface area contributed by atoms with Crippen LogP contribution in [-0.2, 0) is 0 Å². The van der Waals surface area contributed by atoms with Gasteiger partial charge in [-0.2, -0.15) is 0 Å². The quantitative estimate of drug-likeness (QED) is 0.495. The summed E-state index contributed by atoms with van der Waals surface area (Å²) in [6.07, 6.45) is -0.440. The van der Waals surface area contributed by atoms with Crippen LogP contribution in [0.1, 0.15) is 5.89 Å². The van der Waals surface area contributed by atoms with Gasteiger partial charge in [-0.05, 0) is 0 Å². The first-order valence-electron chi connectivity index (χ1n) is 1.63. The van der Waals surface area contributed by atoms with Crippen LogP contribution in [0.5, 0.6) is 6.08 Å². The number of hydrogen-bond donors (Lipinski definition) is 1. The zero-order valence-electron chi connectivity index (χ0n) is 3.46. The zero-order valence-corrected chi connectivity index (χ0v) is 3.46. The molecule has 1 N–H and O–H groups in total. The molecule has 4 nitrogen and oxygen atoms in total.